The molecule has 0 aliphatic rings. The number of nitrogens with one attached hydrogen (secondary N) is 1. The van der Waals surface area contributed by atoms with Crippen molar-refractivity contribution in [1.82, 2.24) is 9.78 Å². The highest BCUT2D eigenvalue weighted by molar-refractivity contribution is 9.10. The molecule has 4 nitrogen and oxygen atoms in total. The quantitative estimate of drug-likeness (QED) is 0.609. The first-order valence-corrected chi connectivity index (χ1v) is 8.95. The minimum Gasteiger partial charge on any atom is -0.304 e. The highest BCUT2D eigenvalue weighted by Crippen LogP contribution is 2.22. The van der Waals surface area contributed by atoms with Crippen molar-refractivity contribution in [3.63, 3.8) is 0 Å². The molecule has 0 spiro atoms. The molecule has 0 unspecified atom stereocenters. The molecule has 0 saturated carbocycles. The summed E-state index contributed by atoms with van der Waals surface area (Å²) < 4.78 is 3.41. The van der Waals surface area contributed by atoms with Crippen LogP contribution in [0.5, 0.6) is 0 Å². The summed E-state index contributed by atoms with van der Waals surface area (Å²) >= 11 is 6.82. The summed E-state index contributed by atoms with van der Waals surface area (Å²) in [5, 5.41) is 7.27. The fourth-order valence-electron chi connectivity index (χ4n) is 2.25. The molecule has 3 rings (SSSR count). The Balaban J connectivity index is 1.74. The molecule has 122 valence electrons. The van der Waals surface area contributed by atoms with Gasteiger partial charge in [-0.2, -0.15) is 5.10 Å². The molecule has 0 radical (unpaired) electrons. The molecular formula is C18H15Br2N3O. The van der Waals surface area contributed by atoms with Crippen molar-refractivity contribution in [2.45, 2.75) is 13.5 Å². The molecule has 0 aliphatic carbocycles. The number of amides is 1. The Bertz CT molecular complexity index is 872. The zero-order valence-corrected chi connectivity index (χ0v) is 16.1. The molecule has 0 fully saturated rings. The second-order valence-electron chi connectivity index (χ2n) is 5.47. The monoisotopic (exact) mass is 447 g/mol. The molecule has 0 bridgehead atoms. The molecule has 0 saturated heterocycles. The smallest absolute Gasteiger partial charge is 0.256 e. The van der Waals surface area contributed by atoms with E-state index < -0.39 is 0 Å². The van der Waals surface area contributed by atoms with Crippen LogP contribution in [0.2, 0.25) is 0 Å². The number of carbonyl (C=O) groups excluding carboxylic acids is 1. The van der Waals surface area contributed by atoms with Gasteiger partial charge in [0.05, 0.1) is 11.0 Å². The number of carbonyl (C=O) groups is 1. The van der Waals surface area contributed by atoms with Crippen LogP contribution in [0, 0.1) is 6.92 Å². The van der Waals surface area contributed by atoms with E-state index in [1.54, 1.807) is 16.8 Å². The summed E-state index contributed by atoms with van der Waals surface area (Å²) in [5.74, 6) is 0.310. The number of benzene rings is 2. The number of aryl methyl sites for hydroxylation is 1. The Kier molecular flexibility index (Phi) is 5.16. The molecule has 1 amide bonds. The molecule has 1 heterocycles. The van der Waals surface area contributed by atoms with Crippen LogP contribution in [0.15, 0.2) is 63.7 Å². The average molecular weight is 449 g/mol. The molecule has 1 N–H and O–H groups in total. The number of halogens is 2. The van der Waals surface area contributed by atoms with E-state index >= 15 is 0 Å². The maximum atomic E-state index is 12.3. The SMILES string of the molecule is Cc1ccc(Cn2cc(Br)c(NC(=O)c3cccc(Br)c3)n2)cc1. The number of hydrogen-bond donors (Lipinski definition) is 1. The zero-order chi connectivity index (χ0) is 17.1. The van der Waals surface area contributed by atoms with Gasteiger partial charge >= 0.3 is 0 Å². The van der Waals surface area contributed by atoms with E-state index in [0.29, 0.717) is 17.9 Å². The average Bonchev–Trinajstić information content (AvgIpc) is 2.89. The number of hydrogen-bond acceptors (Lipinski definition) is 2. The lowest BCUT2D eigenvalue weighted by atomic mass is 10.1. The van der Waals surface area contributed by atoms with E-state index in [4.69, 9.17) is 0 Å². The third-order valence-corrected chi connectivity index (χ3v) is 4.57. The van der Waals surface area contributed by atoms with Crippen LogP contribution in [0.1, 0.15) is 21.5 Å². The maximum Gasteiger partial charge on any atom is 0.256 e. The topological polar surface area (TPSA) is 46.9 Å². The third-order valence-electron chi connectivity index (χ3n) is 3.50. The first-order valence-electron chi connectivity index (χ1n) is 7.37. The third kappa shape index (κ3) is 4.13. The minimum atomic E-state index is -0.197. The summed E-state index contributed by atoms with van der Waals surface area (Å²) in [6.07, 6.45) is 1.86. The van der Waals surface area contributed by atoms with Crippen LogP contribution in [0.25, 0.3) is 0 Å². The van der Waals surface area contributed by atoms with Gasteiger partial charge in [-0.15, -0.1) is 0 Å². The van der Waals surface area contributed by atoms with Crippen LogP contribution in [-0.2, 0) is 6.54 Å². The van der Waals surface area contributed by atoms with Gasteiger partial charge in [0.1, 0.15) is 0 Å². The van der Waals surface area contributed by atoms with Crippen LogP contribution in [0.4, 0.5) is 5.82 Å². The van der Waals surface area contributed by atoms with Gasteiger partial charge < -0.3 is 5.32 Å². The molecule has 24 heavy (non-hydrogen) atoms. The predicted octanol–water partition coefficient (Wildman–Crippen LogP) is 5.02. The molecule has 0 aliphatic heterocycles. The van der Waals surface area contributed by atoms with Crippen molar-refractivity contribution in [3.05, 3.63) is 80.4 Å². The van der Waals surface area contributed by atoms with Crippen molar-refractivity contribution >= 4 is 43.6 Å². The van der Waals surface area contributed by atoms with Crippen LogP contribution >= 0.6 is 31.9 Å². The minimum absolute atomic E-state index is 0.197. The van der Waals surface area contributed by atoms with Gasteiger partial charge in [0.15, 0.2) is 5.82 Å². The van der Waals surface area contributed by atoms with E-state index in [-0.39, 0.29) is 5.91 Å². The normalized spacial score (nSPS) is 10.6. The number of aromatic nitrogens is 2. The van der Waals surface area contributed by atoms with Crippen molar-refractivity contribution in [3.8, 4) is 0 Å². The summed E-state index contributed by atoms with van der Waals surface area (Å²) in [5.41, 5.74) is 2.95. The van der Waals surface area contributed by atoms with E-state index in [2.05, 4.69) is 73.5 Å². The Morgan fingerprint density at radius 2 is 1.92 bits per heavy atom. The van der Waals surface area contributed by atoms with E-state index in [1.165, 1.54) is 5.56 Å². The lowest BCUT2D eigenvalue weighted by Crippen LogP contribution is -2.13. The lowest BCUT2D eigenvalue weighted by molar-refractivity contribution is 0.102. The molecule has 1 aromatic heterocycles. The van der Waals surface area contributed by atoms with Crippen molar-refractivity contribution in [2.24, 2.45) is 0 Å². The molecule has 6 heteroatoms. The van der Waals surface area contributed by atoms with Gasteiger partial charge in [-0.25, -0.2) is 0 Å². The van der Waals surface area contributed by atoms with Crippen molar-refractivity contribution < 1.29 is 4.79 Å². The molecule has 0 atom stereocenters. The van der Waals surface area contributed by atoms with Gasteiger partial charge in [0.2, 0.25) is 0 Å². The maximum absolute atomic E-state index is 12.3. The Morgan fingerprint density at radius 1 is 1.17 bits per heavy atom. The van der Waals surface area contributed by atoms with Gasteiger partial charge in [-0.05, 0) is 46.6 Å². The summed E-state index contributed by atoms with van der Waals surface area (Å²) in [7, 11) is 0. The van der Waals surface area contributed by atoms with E-state index in [9.17, 15) is 4.79 Å². The van der Waals surface area contributed by atoms with Gasteiger partial charge in [-0.1, -0.05) is 51.8 Å². The number of anilines is 1. The van der Waals surface area contributed by atoms with Crippen LogP contribution in [-0.4, -0.2) is 15.7 Å². The first kappa shape index (κ1) is 16.9. The van der Waals surface area contributed by atoms with Gasteiger partial charge in [0.25, 0.3) is 5.91 Å². The van der Waals surface area contributed by atoms with Gasteiger partial charge in [0, 0.05) is 16.2 Å². The summed E-state index contributed by atoms with van der Waals surface area (Å²) in [6.45, 7) is 2.70. The number of rotatable bonds is 4. The summed E-state index contributed by atoms with van der Waals surface area (Å²) in [4.78, 5) is 12.3. The highest BCUT2D eigenvalue weighted by atomic mass is 79.9. The fourth-order valence-corrected chi connectivity index (χ4v) is 3.07. The highest BCUT2D eigenvalue weighted by Gasteiger charge is 2.12. The van der Waals surface area contributed by atoms with Crippen molar-refractivity contribution in [1.29, 1.82) is 0 Å². The Morgan fingerprint density at radius 3 is 2.62 bits per heavy atom. The lowest BCUT2D eigenvalue weighted by Gasteiger charge is -2.04. The van der Waals surface area contributed by atoms with Crippen LogP contribution < -0.4 is 5.32 Å². The molecule has 2 aromatic carbocycles. The standard InChI is InChI=1S/C18H15Br2N3O/c1-12-5-7-13(8-6-12)10-23-11-16(20)17(22-23)21-18(24)14-3-2-4-15(19)9-14/h2-9,11H,10H2,1H3,(H,21,22,24). The van der Waals surface area contributed by atoms with Gasteiger partial charge in [-0.3, -0.25) is 9.48 Å². The zero-order valence-electron chi connectivity index (χ0n) is 13.0. The fraction of sp³-hybridized carbons (Fsp3) is 0.111. The second-order valence-corrected chi connectivity index (χ2v) is 7.24. The molecular weight excluding hydrogens is 434 g/mol. The first-order chi connectivity index (χ1) is 11.5. The summed E-state index contributed by atoms with van der Waals surface area (Å²) in [6, 6.07) is 15.5. The van der Waals surface area contributed by atoms with Crippen LogP contribution in [0.3, 0.4) is 0 Å². The molecule has 3 aromatic rings. The number of nitrogens with zero attached hydrogens (tertiary/aromatic N) is 2. The second kappa shape index (κ2) is 7.32. The van der Waals surface area contributed by atoms with E-state index in [1.807, 2.05) is 18.3 Å². The largest absolute Gasteiger partial charge is 0.304 e. The Hall–Kier alpha value is -1.92. The predicted molar refractivity (Wildman–Crippen MR) is 102 cm³/mol. The van der Waals surface area contributed by atoms with Crippen molar-refractivity contribution in [2.75, 3.05) is 5.32 Å². The van der Waals surface area contributed by atoms with E-state index in [0.717, 1.165) is 14.5 Å². The Labute approximate surface area is 157 Å².